The monoisotopic (exact) mass is 463 g/mol. The average molecular weight is 464 g/mol. The molecule has 1 heterocycles. The van der Waals surface area contributed by atoms with Crippen LogP contribution in [0.1, 0.15) is 64.1 Å². The van der Waals surface area contributed by atoms with Crippen molar-refractivity contribution in [3.8, 4) is 0 Å². The van der Waals surface area contributed by atoms with Crippen LogP contribution in [0.15, 0.2) is 60.7 Å². The molecule has 0 bridgehead atoms. The molecule has 0 saturated heterocycles. The Kier molecular flexibility index (Phi) is 11.6. The molecule has 1 N–H and O–H groups in total. The number of aldehydes is 1. The SMILES string of the molecule is COCc1[nH]c(C=O)c(CCCCOCc2ccccc2)c1CCCCOCc1ccccc1. The van der Waals surface area contributed by atoms with Crippen LogP contribution >= 0.6 is 0 Å². The number of nitrogens with one attached hydrogen (secondary N) is 1. The van der Waals surface area contributed by atoms with Crippen LogP contribution in [0.25, 0.3) is 0 Å². The molecular formula is C29H37NO4. The van der Waals surface area contributed by atoms with Gasteiger partial charge in [0, 0.05) is 26.0 Å². The maximum absolute atomic E-state index is 11.7. The first-order valence-electron chi connectivity index (χ1n) is 12.2. The lowest BCUT2D eigenvalue weighted by atomic mass is 9.98. The van der Waals surface area contributed by atoms with Crippen molar-refractivity contribution in [3.05, 3.63) is 94.3 Å². The summed E-state index contributed by atoms with van der Waals surface area (Å²) in [4.78, 5) is 15.0. The fourth-order valence-corrected chi connectivity index (χ4v) is 4.15. The number of hydrogen-bond donors (Lipinski definition) is 1. The van der Waals surface area contributed by atoms with Gasteiger partial charge < -0.3 is 19.2 Å². The molecule has 182 valence electrons. The van der Waals surface area contributed by atoms with Gasteiger partial charge in [0.15, 0.2) is 6.29 Å². The van der Waals surface area contributed by atoms with E-state index in [9.17, 15) is 4.79 Å². The molecule has 34 heavy (non-hydrogen) atoms. The van der Waals surface area contributed by atoms with E-state index >= 15 is 0 Å². The Morgan fingerprint density at radius 3 is 1.74 bits per heavy atom. The van der Waals surface area contributed by atoms with Crippen LogP contribution in [0.2, 0.25) is 0 Å². The number of H-pyrrole nitrogens is 1. The molecule has 0 aliphatic rings. The van der Waals surface area contributed by atoms with Gasteiger partial charge in [0.25, 0.3) is 0 Å². The van der Waals surface area contributed by atoms with Crippen LogP contribution < -0.4 is 0 Å². The number of unbranched alkanes of at least 4 members (excludes halogenated alkanes) is 2. The maximum Gasteiger partial charge on any atom is 0.166 e. The standard InChI is InChI=1S/C29H37NO4/c1-32-23-29-27(17-9-11-19-34-22-25-14-6-3-7-15-25)26(28(20-31)30-29)16-8-10-18-33-21-24-12-4-2-5-13-24/h2-7,12-15,20,30H,8-11,16-19,21-23H2,1H3. The van der Waals surface area contributed by atoms with Gasteiger partial charge in [0.2, 0.25) is 0 Å². The van der Waals surface area contributed by atoms with Crippen molar-refractivity contribution in [2.24, 2.45) is 0 Å². The van der Waals surface area contributed by atoms with Crippen LogP contribution in [-0.4, -0.2) is 31.6 Å². The van der Waals surface area contributed by atoms with Crippen molar-refractivity contribution >= 4 is 6.29 Å². The van der Waals surface area contributed by atoms with E-state index in [0.717, 1.165) is 69.3 Å². The zero-order chi connectivity index (χ0) is 23.8. The van der Waals surface area contributed by atoms with E-state index in [-0.39, 0.29) is 0 Å². The van der Waals surface area contributed by atoms with E-state index in [4.69, 9.17) is 14.2 Å². The van der Waals surface area contributed by atoms with Gasteiger partial charge in [0.1, 0.15) is 0 Å². The van der Waals surface area contributed by atoms with Gasteiger partial charge in [-0.15, -0.1) is 0 Å². The molecule has 0 unspecified atom stereocenters. The first-order chi connectivity index (χ1) is 16.8. The van der Waals surface area contributed by atoms with Gasteiger partial charge >= 0.3 is 0 Å². The van der Waals surface area contributed by atoms with Gasteiger partial charge in [-0.25, -0.2) is 0 Å². The topological polar surface area (TPSA) is 60.6 Å². The summed E-state index contributed by atoms with van der Waals surface area (Å²) in [6.45, 7) is 3.22. The van der Waals surface area contributed by atoms with Gasteiger partial charge in [-0.2, -0.15) is 0 Å². The van der Waals surface area contributed by atoms with Gasteiger partial charge in [0.05, 0.1) is 25.5 Å². The van der Waals surface area contributed by atoms with Crippen molar-refractivity contribution in [2.45, 2.75) is 58.3 Å². The molecule has 1 aromatic heterocycles. The first kappa shape index (κ1) is 25.9. The molecule has 3 aromatic rings. The summed E-state index contributed by atoms with van der Waals surface area (Å²) in [5.74, 6) is 0. The summed E-state index contributed by atoms with van der Waals surface area (Å²) in [6, 6.07) is 20.5. The van der Waals surface area contributed by atoms with E-state index in [1.54, 1.807) is 7.11 Å². The van der Waals surface area contributed by atoms with Crippen molar-refractivity contribution in [2.75, 3.05) is 20.3 Å². The molecule has 2 aromatic carbocycles. The third-order valence-electron chi connectivity index (χ3n) is 5.90. The summed E-state index contributed by atoms with van der Waals surface area (Å²) < 4.78 is 17.0. The molecule has 0 saturated carbocycles. The molecule has 0 spiro atoms. The Balaban J connectivity index is 1.44. The molecule has 0 radical (unpaired) electrons. The number of hydrogen-bond acceptors (Lipinski definition) is 4. The number of carbonyl (C=O) groups is 1. The fourth-order valence-electron chi connectivity index (χ4n) is 4.15. The molecular weight excluding hydrogens is 426 g/mol. The van der Waals surface area contributed by atoms with Gasteiger partial charge in [-0.05, 0) is 60.8 Å². The second-order valence-corrected chi connectivity index (χ2v) is 8.52. The summed E-state index contributed by atoms with van der Waals surface area (Å²) in [7, 11) is 1.69. The highest BCUT2D eigenvalue weighted by molar-refractivity contribution is 5.76. The summed E-state index contributed by atoms with van der Waals surface area (Å²) in [5, 5.41) is 0. The molecule has 0 aliphatic heterocycles. The normalized spacial score (nSPS) is 11.1. The number of rotatable bonds is 17. The molecule has 0 atom stereocenters. The number of benzene rings is 2. The van der Waals surface area contributed by atoms with Crippen LogP contribution in [0.4, 0.5) is 0 Å². The third-order valence-corrected chi connectivity index (χ3v) is 5.90. The van der Waals surface area contributed by atoms with E-state index in [1.165, 1.54) is 16.7 Å². The molecule has 0 amide bonds. The second-order valence-electron chi connectivity index (χ2n) is 8.52. The van der Waals surface area contributed by atoms with E-state index in [2.05, 4.69) is 29.2 Å². The van der Waals surface area contributed by atoms with E-state index in [1.807, 2.05) is 36.4 Å². The Hall–Kier alpha value is -2.73. The molecule has 0 fully saturated rings. The van der Waals surface area contributed by atoms with Crippen LogP contribution in [0.3, 0.4) is 0 Å². The lowest BCUT2D eigenvalue weighted by Crippen LogP contribution is -2.01. The van der Waals surface area contributed by atoms with Crippen molar-refractivity contribution < 1.29 is 19.0 Å². The minimum Gasteiger partial charge on any atom is -0.378 e. The minimum absolute atomic E-state index is 0.487. The predicted molar refractivity (Wildman–Crippen MR) is 135 cm³/mol. The Morgan fingerprint density at radius 2 is 1.24 bits per heavy atom. The van der Waals surface area contributed by atoms with Crippen LogP contribution in [0.5, 0.6) is 0 Å². The van der Waals surface area contributed by atoms with Crippen LogP contribution in [-0.2, 0) is 46.9 Å². The number of aromatic amines is 1. The van der Waals surface area contributed by atoms with Gasteiger partial charge in [-0.1, -0.05) is 60.7 Å². The van der Waals surface area contributed by atoms with Crippen molar-refractivity contribution in [1.29, 1.82) is 0 Å². The predicted octanol–water partition coefficient (Wildman–Crippen LogP) is 6.05. The number of methoxy groups -OCH3 is 1. The number of ether oxygens (including phenoxy) is 3. The Morgan fingerprint density at radius 1 is 0.706 bits per heavy atom. The van der Waals surface area contributed by atoms with E-state index in [0.29, 0.717) is 25.5 Å². The smallest absolute Gasteiger partial charge is 0.166 e. The first-order valence-corrected chi connectivity index (χ1v) is 12.2. The summed E-state index contributed by atoms with van der Waals surface area (Å²) in [5.41, 5.74) is 6.46. The van der Waals surface area contributed by atoms with Crippen LogP contribution in [0, 0.1) is 0 Å². The van der Waals surface area contributed by atoms with E-state index < -0.39 is 0 Å². The summed E-state index contributed by atoms with van der Waals surface area (Å²) in [6.07, 6.45) is 6.64. The Labute approximate surface area is 203 Å². The lowest BCUT2D eigenvalue weighted by Gasteiger charge is -2.09. The quantitative estimate of drug-likeness (QED) is 0.195. The number of aromatic nitrogens is 1. The van der Waals surface area contributed by atoms with Crippen molar-refractivity contribution in [3.63, 3.8) is 0 Å². The molecule has 3 rings (SSSR count). The highest BCUT2D eigenvalue weighted by Gasteiger charge is 2.16. The second kappa shape index (κ2) is 15.2. The minimum atomic E-state index is 0.487. The maximum atomic E-state index is 11.7. The zero-order valence-electron chi connectivity index (χ0n) is 20.3. The number of carbonyl (C=O) groups excluding carboxylic acids is 1. The molecule has 5 heteroatoms. The largest absolute Gasteiger partial charge is 0.378 e. The zero-order valence-corrected chi connectivity index (χ0v) is 20.3. The van der Waals surface area contributed by atoms with Crippen molar-refractivity contribution in [1.82, 2.24) is 4.98 Å². The fraction of sp³-hybridized carbons (Fsp3) is 0.414. The molecule has 0 aliphatic carbocycles. The highest BCUT2D eigenvalue weighted by atomic mass is 16.5. The lowest BCUT2D eigenvalue weighted by molar-refractivity contribution is 0.111. The average Bonchev–Trinajstić information content (AvgIpc) is 3.21. The third kappa shape index (κ3) is 8.56. The molecule has 5 nitrogen and oxygen atoms in total. The van der Waals surface area contributed by atoms with Gasteiger partial charge in [-0.3, -0.25) is 4.79 Å². The summed E-state index contributed by atoms with van der Waals surface area (Å²) >= 11 is 0. The highest BCUT2D eigenvalue weighted by Crippen LogP contribution is 2.24. The Bertz CT molecular complexity index is 953.